The molecule has 0 saturated heterocycles. The van der Waals surface area contributed by atoms with E-state index in [4.69, 9.17) is 21.7 Å². The highest BCUT2D eigenvalue weighted by Gasteiger charge is 2.30. The van der Waals surface area contributed by atoms with Gasteiger partial charge in [0.05, 0.1) is 10.7 Å². The van der Waals surface area contributed by atoms with Crippen molar-refractivity contribution >= 4 is 35.0 Å². The van der Waals surface area contributed by atoms with Crippen LogP contribution >= 0.6 is 11.6 Å². The van der Waals surface area contributed by atoms with Crippen molar-refractivity contribution in [3.63, 3.8) is 0 Å². The largest absolute Gasteiger partial charge is 0.438 e. The summed E-state index contributed by atoms with van der Waals surface area (Å²) in [7, 11) is 0. The van der Waals surface area contributed by atoms with E-state index in [0.717, 1.165) is 48.1 Å². The Hall–Kier alpha value is -2.86. The minimum atomic E-state index is 0.00462. The number of aromatic nitrogens is 1. The maximum atomic E-state index is 12.3. The lowest BCUT2D eigenvalue weighted by Crippen LogP contribution is -2.40. The van der Waals surface area contributed by atoms with Gasteiger partial charge in [-0.05, 0) is 50.8 Å². The molecule has 2 aromatic rings. The van der Waals surface area contributed by atoms with Crippen LogP contribution in [0.25, 0.3) is 5.57 Å². The highest BCUT2D eigenvalue weighted by Crippen LogP contribution is 2.42. The van der Waals surface area contributed by atoms with E-state index in [-0.39, 0.29) is 11.9 Å². The van der Waals surface area contributed by atoms with E-state index in [1.165, 1.54) is 12.4 Å². The van der Waals surface area contributed by atoms with Crippen LogP contribution in [0.5, 0.6) is 11.6 Å². The van der Waals surface area contributed by atoms with Gasteiger partial charge in [0.2, 0.25) is 11.8 Å². The van der Waals surface area contributed by atoms with Crippen LogP contribution in [0.3, 0.4) is 0 Å². The number of nitrogens with zero attached hydrogens (tertiary/aromatic N) is 2. The van der Waals surface area contributed by atoms with E-state index in [1.807, 2.05) is 23.2 Å². The lowest BCUT2D eigenvalue weighted by atomic mass is 9.92. The number of fused-ring (bicyclic) bond motifs is 1. The first-order valence-corrected chi connectivity index (χ1v) is 10.6. The first kappa shape index (κ1) is 20.4. The molecule has 2 N–H and O–H groups in total. The summed E-state index contributed by atoms with van der Waals surface area (Å²) in [4.78, 5) is 18.4. The molecule has 0 bridgehead atoms. The Morgan fingerprint density at radius 2 is 2.10 bits per heavy atom. The predicted molar refractivity (Wildman–Crippen MR) is 120 cm³/mol. The Morgan fingerprint density at radius 3 is 2.73 bits per heavy atom. The molecular formula is C23H25ClN4O2. The average Bonchev–Trinajstić information content (AvgIpc) is 3.55. The van der Waals surface area contributed by atoms with Gasteiger partial charge in [0, 0.05) is 60.4 Å². The monoisotopic (exact) mass is 424 g/mol. The zero-order valence-corrected chi connectivity index (χ0v) is 17.9. The van der Waals surface area contributed by atoms with Crippen molar-refractivity contribution < 1.29 is 9.53 Å². The maximum Gasteiger partial charge on any atom is 0.224 e. The number of allylic oxidation sites excluding steroid dienone is 1. The number of carbonyl (C=O) groups excluding carboxylic acids is 1. The molecular weight excluding hydrogens is 400 g/mol. The second kappa shape index (κ2) is 8.48. The highest BCUT2D eigenvalue weighted by molar-refractivity contribution is 6.30. The summed E-state index contributed by atoms with van der Waals surface area (Å²) in [6, 6.07) is 7.92. The molecule has 1 atom stereocenters. The first-order chi connectivity index (χ1) is 14.5. The molecule has 1 saturated carbocycles. The normalized spacial score (nSPS) is 18.6. The Bertz CT molecular complexity index is 999. The van der Waals surface area contributed by atoms with E-state index in [0.29, 0.717) is 22.7 Å². The number of rotatable bonds is 6. The van der Waals surface area contributed by atoms with Gasteiger partial charge >= 0.3 is 0 Å². The number of ether oxygens (including phenoxy) is 1. The van der Waals surface area contributed by atoms with Crippen molar-refractivity contribution in [1.82, 2.24) is 10.3 Å². The second-order valence-electron chi connectivity index (χ2n) is 7.82. The van der Waals surface area contributed by atoms with Gasteiger partial charge in [-0.1, -0.05) is 11.6 Å². The van der Waals surface area contributed by atoms with E-state index >= 15 is 0 Å². The van der Waals surface area contributed by atoms with Crippen molar-refractivity contribution in [2.24, 2.45) is 0 Å². The predicted octanol–water partition coefficient (Wildman–Crippen LogP) is 4.96. The molecule has 156 valence electrons. The molecule has 1 amide bonds. The topological polar surface area (TPSA) is 78.3 Å². The Balaban J connectivity index is 1.83. The zero-order valence-electron chi connectivity index (χ0n) is 17.1. The number of nitrogens with one attached hydrogen (secondary N) is 2. The summed E-state index contributed by atoms with van der Waals surface area (Å²) >= 11 is 5.97. The van der Waals surface area contributed by atoms with Gasteiger partial charge < -0.3 is 20.4 Å². The molecule has 4 rings (SSSR count). The van der Waals surface area contributed by atoms with E-state index < -0.39 is 0 Å². The van der Waals surface area contributed by atoms with E-state index in [2.05, 4.69) is 17.2 Å². The number of hydrogen-bond acceptors (Lipinski definition) is 5. The van der Waals surface area contributed by atoms with Gasteiger partial charge in [0.25, 0.3) is 0 Å². The molecule has 0 spiro atoms. The fourth-order valence-electron chi connectivity index (χ4n) is 3.81. The number of pyridine rings is 1. The molecule has 0 radical (unpaired) electrons. The van der Waals surface area contributed by atoms with Gasteiger partial charge in [0.15, 0.2) is 0 Å². The van der Waals surface area contributed by atoms with Crippen molar-refractivity contribution in [2.45, 2.75) is 51.6 Å². The summed E-state index contributed by atoms with van der Waals surface area (Å²) in [6.07, 6.45) is 8.65. The second-order valence-corrected chi connectivity index (χ2v) is 8.25. The van der Waals surface area contributed by atoms with Gasteiger partial charge in [-0.15, -0.1) is 0 Å². The number of hydrogen-bond donors (Lipinski definition) is 2. The summed E-state index contributed by atoms with van der Waals surface area (Å²) < 4.78 is 6.25. The molecule has 1 fully saturated rings. The Morgan fingerprint density at radius 1 is 1.30 bits per heavy atom. The van der Waals surface area contributed by atoms with Crippen LogP contribution in [-0.4, -0.2) is 29.2 Å². The number of halogens is 1. The van der Waals surface area contributed by atoms with Crippen molar-refractivity contribution in [1.29, 1.82) is 5.41 Å². The highest BCUT2D eigenvalue weighted by atomic mass is 35.5. The van der Waals surface area contributed by atoms with Crippen LogP contribution in [0.1, 0.15) is 44.2 Å². The summed E-state index contributed by atoms with van der Waals surface area (Å²) in [5.74, 6) is 1.05. The molecule has 6 nitrogen and oxygen atoms in total. The van der Waals surface area contributed by atoms with Gasteiger partial charge in [-0.25, -0.2) is 4.98 Å². The van der Waals surface area contributed by atoms with Crippen molar-refractivity contribution in [3.05, 3.63) is 52.8 Å². The Labute approximate surface area is 181 Å². The van der Waals surface area contributed by atoms with Gasteiger partial charge in [-0.2, -0.15) is 0 Å². The number of benzene rings is 1. The molecule has 1 unspecified atom stereocenters. The quantitative estimate of drug-likeness (QED) is 0.642. The lowest BCUT2D eigenvalue weighted by molar-refractivity contribution is -0.117. The lowest BCUT2D eigenvalue weighted by Gasteiger charge is -2.36. The Kier molecular flexibility index (Phi) is 5.77. The third-order valence-corrected chi connectivity index (χ3v) is 5.74. The van der Waals surface area contributed by atoms with Crippen LogP contribution < -0.4 is 15.0 Å². The van der Waals surface area contributed by atoms with E-state index in [1.54, 1.807) is 19.1 Å². The summed E-state index contributed by atoms with van der Waals surface area (Å²) in [6.45, 7) is 3.64. The molecule has 1 aromatic carbocycles. The number of anilines is 1. The zero-order chi connectivity index (χ0) is 21.3. The smallest absolute Gasteiger partial charge is 0.224 e. The third kappa shape index (κ3) is 4.19. The SMILES string of the molecule is CC(=O)N1c2ccc(/C(C=N)=C/NC3CC3)c(Oc3ccc(Cl)cn3)c2CCC1C. The van der Waals surface area contributed by atoms with Crippen molar-refractivity contribution in [2.75, 3.05) is 4.90 Å². The summed E-state index contributed by atoms with van der Waals surface area (Å²) in [5.41, 5.74) is 3.33. The van der Waals surface area contributed by atoms with Crippen LogP contribution in [0, 0.1) is 5.41 Å². The fourth-order valence-corrected chi connectivity index (χ4v) is 3.92. The van der Waals surface area contributed by atoms with Crippen LogP contribution in [0.2, 0.25) is 5.02 Å². The number of carbonyl (C=O) groups is 1. The standard InChI is InChI=1S/C23H25ClN4O2/c1-14-3-7-20-21(28(14)15(2)29)9-8-19(16(11-25)12-26-18-5-6-18)23(20)30-22-10-4-17(24)13-27-22/h4,8-14,18,25-26H,3,5-7H2,1-2H3/b16-12+,25-11?. The van der Waals surface area contributed by atoms with E-state index in [9.17, 15) is 4.79 Å². The fraction of sp³-hybridized carbons (Fsp3) is 0.348. The first-order valence-electron chi connectivity index (χ1n) is 10.2. The molecule has 2 aliphatic rings. The molecule has 2 heterocycles. The third-order valence-electron chi connectivity index (χ3n) is 5.51. The van der Waals surface area contributed by atoms with Crippen molar-refractivity contribution in [3.8, 4) is 11.6 Å². The van der Waals surface area contributed by atoms with Crippen LogP contribution in [-0.2, 0) is 11.2 Å². The molecule has 7 heteroatoms. The van der Waals surface area contributed by atoms with Crippen LogP contribution in [0.4, 0.5) is 5.69 Å². The van der Waals surface area contributed by atoms with Gasteiger partial charge in [0.1, 0.15) is 5.75 Å². The molecule has 1 aromatic heterocycles. The van der Waals surface area contributed by atoms with Gasteiger partial charge in [-0.3, -0.25) is 4.79 Å². The molecule has 1 aliphatic heterocycles. The molecule has 1 aliphatic carbocycles. The summed E-state index contributed by atoms with van der Waals surface area (Å²) in [5, 5.41) is 11.8. The number of amides is 1. The average molecular weight is 425 g/mol. The van der Waals surface area contributed by atoms with Crippen LogP contribution in [0.15, 0.2) is 36.7 Å². The molecule has 30 heavy (non-hydrogen) atoms. The maximum absolute atomic E-state index is 12.3. The minimum Gasteiger partial charge on any atom is -0.438 e. The minimum absolute atomic E-state index is 0.00462.